The normalized spacial score (nSPS) is 16.7. The highest BCUT2D eigenvalue weighted by Crippen LogP contribution is 2.35. The second-order valence-electron chi connectivity index (χ2n) is 15.4. The molecule has 2 unspecified atom stereocenters. The number of aliphatic carboxylic acids is 2. The standard InChI is InChI=1S/C45H53Br2N3O12/c1-26-29(22-59-44-38(46)16-28(6-3-9-32(51)18-40(53)54)42(49-44)61-24-34-12-14-57-34)7-4-10-36(26)37-11-5-8-30(27(37)2)23-60-45-39(47)17-31(20-48-21-33(52)19-41(55)56)43(50-45)62-25-35-13-15-58-35/h4-5,7-8,10-11,16-17,32-35,48,51-52H,3,6,9,12-15,18-25H2,1-2H3,(H,53,54)(H,55,56)/t32-,33+,34?,35?/m1/s1. The maximum absolute atomic E-state index is 11.0. The fourth-order valence-electron chi connectivity index (χ4n) is 6.96. The summed E-state index contributed by atoms with van der Waals surface area (Å²) >= 11 is 7.23. The van der Waals surface area contributed by atoms with E-state index in [2.05, 4.69) is 63.2 Å². The first-order valence-electron chi connectivity index (χ1n) is 20.7. The van der Waals surface area contributed by atoms with E-state index in [1.165, 1.54) is 0 Å². The van der Waals surface area contributed by atoms with E-state index in [4.69, 9.17) is 48.6 Å². The SMILES string of the molecule is Cc1c(COc2nc(OCC3CCO3)c(CCC[C@@H](O)CC(=O)O)cc2Br)cccc1-c1cccc(COc2nc(OCC3CCO3)c(CNC[C@@H](O)CC(=O)O)cc2Br)c1C. The molecule has 5 N–H and O–H groups in total. The van der Waals surface area contributed by atoms with Gasteiger partial charge in [0.05, 0.1) is 46.2 Å². The first-order chi connectivity index (χ1) is 29.8. The average molecular weight is 988 g/mol. The molecule has 4 aromatic rings. The van der Waals surface area contributed by atoms with Crippen LogP contribution in [0.1, 0.15) is 71.9 Å². The Hall–Kier alpha value is -4.36. The zero-order valence-corrected chi connectivity index (χ0v) is 37.9. The van der Waals surface area contributed by atoms with E-state index in [0.29, 0.717) is 83.7 Å². The van der Waals surface area contributed by atoms with Gasteiger partial charge in [-0.3, -0.25) is 9.59 Å². The molecule has 2 aromatic carbocycles. The Labute approximate surface area is 377 Å². The molecule has 17 heteroatoms. The molecule has 4 atom stereocenters. The lowest BCUT2D eigenvalue weighted by molar-refractivity contribution is -0.140. The Balaban J connectivity index is 1.13. The predicted molar refractivity (Wildman–Crippen MR) is 235 cm³/mol. The van der Waals surface area contributed by atoms with E-state index >= 15 is 0 Å². The summed E-state index contributed by atoms with van der Waals surface area (Å²) in [5, 5.41) is 41.1. The third-order valence-corrected chi connectivity index (χ3v) is 11.9. The monoisotopic (exact) mass is 985 g/mol. The fraction of sp³-hybridized carbons (Fsp3) is 0.467. The lowest BCUT2D eigenvalue weighted by Crippen LogP contribution is -2.33. The van der Waals surface area contributed by atoms with E-state index in [9.17, 15) is 19.8 Å². The molecule has 0 radical (unpaired) electrons. The number of carboxylic acids is 2. The van der Waals surface area contributed by atoms with Gasteiger partial charge in [-0.1, -0.05) is 36.4 Å². The Morgan fingerprint density at radius 3 is 1.69 bits per heavy atom. The van der Waals surface area contributed by atoms with Gasteiger partial charge in [-0.15, -0.1) is 0 Å². The smallest absolute Gasteiger partial charge is 0.306 e. The Bertz CT molecular complexity index is 2020. The quantitative estimate of drug-likeness (QED) is 0.0460. The van der Waals surface area contributed by atoms with Gasteiger partial charge in [0.25, 0.3) is 0 Å². The Morgan fingerprint density at radius 2 is 1.21 bits per heavy atom. The van der Waals surface area contributed by atoms with Crippen molar-refractivity contribution in [2.45, 2.75) is 103 Å². The summed E-state index contributed by atoms with van der Waals surface area (Å²) in [6.45, 7) is 7.03. The van der Waals surface area contributed by atoms with Crippen molar-refractivity contribution in [1.29, 1.82) is 0 Å². The molecule has 6 rings (SSSR count). The van der Waals surface area contributed by atoms with E-state index in [0.717, 1.165) is 51.8 Å². The predicted octanol–water partition coefficient (Wildman–Crippen LogP) is 6.86. The van der Waals surface area contributed by atoms with Crippen molar-refractivity contribution in [2.75, 3.05) is 33.0 Å². The van der Waals surface area contributed by atoms with Crippen molar-refractivity contribution in [2.24, 2.45) is 0 Å². The van der Waals surface area contributed by atoms with Crippen LogP contribution in [0.5, 0.6) is 23.5 Å². The molecule has 334 valence electrons. The molecule has 0 aliphatic carbocycles. The maximum Gasteiger partial charge on any atom is 0.306 e. The molecule has 2 aliphatic heterocycles. The van der Waals surface area contributed by atoms with E-state index in [1.54, 1.807) is 0 Å². The van der Waals surface area contributed by atoms with Gasteiger partial charge in [-0.25, -0.2) is 0 Å². The molecule has 15 nitrogen and oxygen atoms in total. The summed E-state index contributed by atoms with van der Waals surface area (Å²) in [5.41, 5.74) is 7.62. The Morgan fingerprint density at radius 1 is 0.726 bits per heavy atom. The molecule has 2 saturated heterocycles. The van der Waals surface area contributed by atoms with Crippen molar-refractivity contribution < 1.29 is 58.4 Å². The number of hydrogen-bond donors (Lipinski definition) is 5. The summed E-state index contributed by atoms with van der Waals surface area (Å²) in [7, 11) is 0. The van der Waals surface area contributed by atoms with Gasteiger partial charge in [-0.2, -0.15) is 9.97 Å². The van der Waals surface area contributed by atoms with Gasteiger partial charge >= 0.3 is 11.9 Å². The molecule has 0 bridgehead atoms. The van der Waals surface area contributed by atoms with E-state index < -0.39 is 24.1 Å². The number of aliphatic hydroxyl groups excluding tert-OH is 2. The number of pyridine rings is 2. The highest BCUT2D eigenvalue weighted by molar-refractivity contribution is 9.10. The highest BCUT2D eigenvalue weighted by Gasteiger charge is 2.23. The zero-order valence-electron chi connectivity index (χ0n) is 34.7. The van der Waals surface area contributed by atoms with Gasteiger partial charge in [-0.05, 0) is 110 Å². The van der Waals surface area contributed by atoms with Crippen LogP contribution in [0.2, 0.25) is 0 Å². The van der Waals surface area contributed by atoms with Crippen molar-refractivity contribution in [1.82, 2.24) is 15.3 Å². The number of benzene rings is 2. The molecule has 62 heavy (non-hydrogen) atoms. The molecule has 0 amide bonds. The fourth-order valence-corrected chi connectivity index (χ4v) is 7.91. The number of carboxylic acid groups (broad SMARTS) is 2. The lowest BCUT2D eigenvalue weighted by atomic mass is 9.92. The summed E-state index contributed by atoms with van der Waals surface area (Å²) < 4.78 is 37.1. The van der Waals surface area contributed by atoms with Gasteiger partial charge in [0.1, 0.15) is 26.4 Å². The van der Waals surface area contributed by atoms with Gasteiger partial charge in [0, 0.05) is 50.3 Å². The second kappa shape index (κ2) is 22.8. The van der Waals surface area contributed by atoms with Crippen LogP contribution in [-0.4, -0.2) is 99.7 Å². The summed E-state index contributed by atoms with van der Waals surface area (Å²) in [4.78, 5) is 31.4. The van der Waals surface area contributed by atoms with Gasteiger partial charge in [0.15, 0.2) is 0 Å². The van der Waals surface area contributed by atoms with Gasteiger partial charge in [0.2, 0.25) is 23.5 Å². The molecular formula is C45H53Br2N3O12. The van der Waals surface area contributed by atoms with Crippen LogP contribution >= 0.6 is 31.9 Å². The molecule has 0 spiro atoms. The van der Waals surface area contributed by atoms with Crippen molar-refractivity contribution in [3.63, 3.8) is 0 Å². The number of aryl methyl sites for hydroxylation is 1. The number of aromatic nitrogens is 2. The molecule has 2 aromatic heterocycles. The first kappa shape index (κ1) is 47.1. The van der Waals surface area contributed by atoms with Crippen LogP contribution in [0.15, 0.2) is 57.5 Å². The maximum atomic E-state index is 11.0. The van der Waals surface area contributed by atoms with Crippen molar-refractivity contribution in [3.05, 3.63) is 90.9 Å². The largest absolute Gasteiger partial charge is 0.481 e. The number of rotatable bonds is 25. The zero-order chi connectivity index (χ0) is 44.2. The third kappa shape index (κ3) is 13.3. The molecule has 2 aliphatic rings. The minimum atomic E-state index is -1.07. The minimum Gasteiger partial charge on any atom is -0.481 e. The van der Waals surface area contributed by atoms with E-state index in [1.807, 2.05) is 36.4 Å². The van der Waals surface area contributed by atoms with E-state index in [-0.39, 0.29) is 51.4 Å². The minimum absolute atomic E-state index is 0.00105. The highest BCUT2D eigenvalue weighted by atomic mass is 79.9. The van der Waals surface area contributed by atoms with Crippen LogP contribution < -0.4 is 24.3 Å². The topological polar surface area (TPSA) is 208 Å². The molecule has 0 saturated carbocycles. The molecule has 4 heterocycles. The number of hydrogen-bond acceptors (Lipinski definition) is 13. The summed E-state index contributed by atoms with van der Waals surface area (Å²) in [6.07, 6.45) is 0.574. The average Bonchev–Trinajstić information content (AvgIpc) is 3.17. The number of ether oxygens (including phenoxy) is 6. The second-order valence-corrected chi connectivity index (χ2v) is 17.2. The van der Waals surface area contributed by atoms with Crippen LogP contribution in [-0.2, 0) is 45.2 Å². The summed E-state index contributed by atoms with van der Waals surface area (Å²) in [5.74, 6) is -0.624. The van der Waals surface area contributed by atoms with Crippen LogP contribution in [0.25, 0.3) is 11.1 Å². The number of halogens is 2. The lowest BCUT2D eigenvalue weighted by Gasteiger charge is -2.26. The summed E-state index contributed by atoms with van der Waals surface area (Å²) in [6, 6.07) is 15.9. The number of nitrogens with one attached hydrogen (secondary N) is 1. The molecule has 2 fully saturated rings. The van der Waals surface area contributed by atoms with Gasteiger partial charge < -0.3 is 54.2 Å². The molecular weight excluding hydrogens is 934 g/mol. The number of carbonyl (C=O) groups is 2. The first-order valence-corrected chi connectivity index (χ1v) is 22.2. The van der Waals surface area contributed by atoms with Crippen LogP contribution in [0.4, 0.5) is 0 Å². The van der Waals surface area contributed by atoms with Crippen LogP contribution in [0.3, 0.4) is 0 Å². The van der Waals surface area contributed by atoms with Crippen molar-refractivity contribution in [3.8, 4) is 34.6 Å². The number of aliphatic hydroxyl groups is 2. The Kier molecular flexibility index (Phi) is 17.4. The van der Waals surface area contributed by atoms with Crippen molar-refractivity contribution >= 4 is 43.8 Å². The number of nitrogens with zero attached hydrogens (tertiary/aromatic N) is 2. The van der Waals surface area contributed by atoms with Crippen LogP contribution in [0, 0.1) is 13.8 Å². The third-order valence-electron chi connectivity index (χ3n) is 10.8.